The first-order valence-corrected chi connectivity index (χ1v) is 6.73. The summed E-state index contributed by atoms with van der Waals surface area (Å²) >= 11 is 2.17. The molecule has 1 amide bonds. The van der Waals surface area contributed by atoms with Gasteiger partial charge < -0.3 is 9.73 Å². The van der Waals surface area contributed by atoms with Crippen LogP contribution in [0.5, 0.6) is 0 Å². The van der Waals surface area contributed by atoms with Crippen LogP contribution in [0, 0.1) is 17.4 Å². The number of hydrogen-bond acceptors (Lipinski definition) is 3. The molecule has 19 heavy (non-hydrogen) atoms. The van der Waals surface area contributed by atoms with Crippen LogP contribution in [0.3, 0.4) is 0 Å². The number of hydrogen-bond donors (Lipinski definition) is 1. The lowest BCUT2D eigenvalue weighted by atomic mass is 10.1. The highest BCUT2D eigenvalue weighted by Gasteiger charge is 2.15. The van der Waals surface area contributed by atoms with Gasteiger partial charge in [-0.25, -0.2) is 4.79 Å². The van der Waals surface area contributed by atoms with Gasteiger partial charge >= 0.3 is 5.63 Å². The van der Waals surface area contributed by atoms with Crippen molar-refractivity contribution in [1.82, 2.24) is 0 Å². The molecule has 0 fully saturated rings. The lowest BCUT2D eigenvalue weighted by molar-refractivity contribution is 0.102. The molecule has 4 nitrogen and oxygen atoms in total. The van der Waals surface area contributed by atoms with Crippen molar-refractivity contribution >= 4 is 34.2 Å². The third-order valence-electron chi connectivity index (χ3n) is 2.64. The number of nitrogens with one attached hydrogen (secondary N) is 1. The van der Waals surface area contributed by atoms with Gasteiger partial charge in [0.2, 0.25) is 0 Å². The summed E-state index contributed by atoms with van der Waals surface area (Å²) in [6.45, 7) is 3.33. The Labute approximate surface area is 124 Å². The Kier molecular flexibility index (Phi) is 4.04. The lowest BCUT2D eigenvalue weighted by Crippen LogP contribution is -2.17. The Hall–Kier alpha value is -1.63. The monoisotopic (exact) mass is 369 g/mol. The SMILES string of the molecule is Cc1cc(=O)oc(C)c1C(=O)Nc1cccc(I)c1. The maximum atomic E-state index is 12.2. The Bertz CT molecular complexity index is 665. The molecule has 0 saturated carbocycles. The maximum Gasteiger partial charge on any atom is 0.336 e. The molecule has 2 rings (SSSR count). The van der Waals surface area contributed by atoms with E-state index >= 15 is 0 Å². The summed E-state index contributed by atoms with van der Waals surface area (Å²) in [5.41, 5.74) is 1.28. The molecule has 0 saturated heterocycles. The van der Waals surface area contributed by atoms with E-state index in [2.05, 4.69) is 27.9 Å². The fraction of sp³-hybridized carbons (Fsp3) is 0.143. The van der Waals surface area contributed by atoms with Crippen molar-refractivity contribution in [1.29, 1.82) is 0 Å². The minimum absolute atomic E-state index is 0.277. The van der Waals surface area contributed by atoms with Gasteiger partial charge in [-0.15, -0.1) is 0 Å². The van der Waals surface area contributed by atoms with Gasteiger partial charge in [0.15, 0.2) is 0 Å². The molecule has 1 aromatic heterocycles. The van der Waals surface area contributed by atoms with Crippen LogP contribution in [0.1, 0.15) is 21.7 Å². The first-order chi connectivity index (χ1) is 8.97. The van der Waals surface area contributed by atoms with Crippen LogP contribution in [-0.2, 0) is 0 Å². The maximum absolute atomic E-state index is 12.2. The van der Waals surface area contributed by atoms with Crippen LogP contribution in [0.4, 0.5) is 5.69 Å². The number of halogens is 1. The number of carbonyl (C=O) groups excluding carboxylic acids is 1. The Morgan fingerprint density at radius 3 is 2.63 bits per heavy atom. The van der Waals surface area contributed by atoms with Gasteiger partial charge in [-0.2, -0.15) is 0 Å². The molecular formula is C14H12INO3. The topological polar surface area (TPSA) is 59.3 Å². The van der Waals surface area contributed by atoms with Gasteiger partial charge in [0.1, 0.15) is 5.76 Å². The van der Waals surface area contributed by atoms with E-state index in [0.29, 0.717) is 22.6 Å². The van der Waals surface area contributed by atoms with Crippen LogP contribution >= 0.6 is 22.6 Å². The van der Waals surface area contributed by atoms with Crippen LogP contribution < -0.4 is 10.9 Å². The van der Waals surface area contributed by atoms with Crippen molar-refractivity contribution in [2.24, 2.45) is 0 Å². The number of anilines is 1. The van der Waals surface area contributed by atoms with E-state index in [0.717, 1.165) is 3.57 Å². The molecule has 0 aliphatic heterocycles. The zero-order valence-corrected chi connectivity index (χ0v) is 12.6. The molecule has 2 aromatic rings. The number of rotatable bonds is 2. The van der Waals surface area contributed by atoms with Crippen molar-refractivity contribution in [2.45, 2.75) is 13.8 Å². The smallest absolute Gasteiger partial charge is 0.336 e. The molecule has 0 bridgehead atoms. The summed E-state index contributed by atoms with van der Waals surface area (Å²) in [7, 11) is 0. The summed E-state index contributed by atoms with van der Waals surface area (Å²) in [5.74, 6) is 0.0499. The Morgan fingerprint density at radius 2 is 2.00 bits per heavy atom. The second-order valence-corrected chi connectivity index (χ2v) is 5.39. The third-order valence-corrected chi connectivity index (χ3v) is 3.31. The molecule has 1 N–H and O–H groups in total. The summed E-state index contributed by atoms with van der Waals surface area (Å²) in [6.07, 6.45) is 0. The zero-order chi connectivity index (χ0) is 14.0. The molecule has 0 aliphatic carbocycles. The molecule has 1 aromatic carbocycles. The van der Waals surface area contributed by atoms with E-state index in [-0.39, 0.29) is 5.91 Å². The minimum Gasteiger partial charge on any atom is -0.427 e. The molecule has 5 heteroatoms. The Balaban J connectivity index is 2.33. The van der Waals surface area contributed by atoms with Crippen LogP contribution in [-0.4, -0.2) is 5.91 Å². The van der Waals surface area contributed by atoms with E-state index in [1.54, 1.807) is 13.8 Å². The number of aryl methyl sites for hydroxylation is 2. The van der Waals surface area contributed by atoms with E-state index in [9.17, 15) is 9.59 Å². The van der Waals surface area contributed by atoms with Gasteiger partial charge in [-0.3, -0.25) is 4.79 Å². The van der Waals surface area contributed by atoms with Gasteiger partial charge in [-0.1, -0.05) is 6.07 Å². The van der Waals surface area contributed by atoms with Crippen molar-refractivity contribution in [3.8, 4) is 0 Å². The normalized spacial score (nSPS) is 10.3. The number of amides is 1. The summed E-state index contributed by atoms with van der Waals surface area (Å²) < 4.78 is 5.98. The van der Waals surface area contributed by atoms with Crippen molar-refractivity contribution in [3.63, 3.8) is 0 Å². The molecular weight excluding hydrogens is 357 g/mol. The van der Waals surface area contributed by atoms with Gasteiger partial charge in [0, 0.05) is 15.3 Å². The van der Waals surface area contributed by atoms with Crippen molar-refractivity contribution in [3.05, 3.63) is 61.2 Å². The first kappa shape index (κ1) is 13.8. The standard InChI is InChI=1S/C14H12INO3/c1-8-6-12(17)19-9(2)13(8)14(18)16-11-5-3-4-10(15)7-11/h3-7H,1-2H3,(H,16,18). The second kappa shape index (κ2) is 5.56. The molecule has 0 spiro atoms. The van der Waals surface area contributed by atoms with Gasteiger partial charge in [-0.05, 0) is 60.2 Å². The Morgan fingerprint density at radius 1 is 1.26 bits per heavy atom. The van der Waals surface area contributed by atoms with E-state index in [1.165, 1.54) is 6.07 Å². The molecule has 0 atom stereocenters. The van der Waals surface area contributed by atoms with Gasteiger partial charge in [0.25, 0.3) is 5.91 Å². The van der Waals surface area contributed by atoms with E-state index in [4.69, 9.17) is 4.42 Å². The summed E-state index contributed by atoms with van der Waals surface area (Å²) in [5, 5.41) is 2.79. The summed E-state index contributed by atoms with van der Waals surface area (Å²) in [6, 6.07) is 8.79. The first-order valence-electron chi connectivity index (χ1n) is 5.65. The van der Waals surface area contributed by atoms with Crippen LogP contribution in [0.2, 0.25) is 0 Å². The zero-order valence-electron chi connectivity index (χ0n) is 10.5. The molecule has 1 heterocycles. The molecule has 98 valence electrons. The van der Waals surface area contributed by atoms with Crippen molar-refractivity contribution < 1.29 is 9.21 Å². The van der Waals surface area contributed by atoms with E-state index < -0.39 is 5.63 Å². The fourth-order valence-corrected chi connectivity index (χ4v) is 2.40. The summed E-state index contributed by atoms with van der Waals surface area (Å²) in [4.78, 5) is 23.4. The van der Waals surface area contributed by atoms with Crippen molar-refractivity contribution in [2.75, 3.05) is 5.32 Å². The highest BCUT2D eigenvalue weighted by atomic mass is 127. The van der Waals surface area contributed by atoms with Crippen LogP contribution in [0.15, 0.2) is 39.5 Å². The fourth-order valence-electron chi connectivity index (χ4n) is 1.86. The van der Waals surface area contributed by atoms with Crippen LogP contribution in [0.25, 0.3) is 0 Å². The molecule has 0 aliphatic rings. The lowest BCUT2D eigenvalue weighted by Gasteiger charge is -2.09. The van der Waals surface area contributed by atoms with E-state index in [1.807, 2.05) is 24.3 Å². The largest absolute Gasteiger partial charge is 0.427 e. The second-order valence-electron chi connectivity index (χ2n) is 4.14. The molecule has 0 unspecified atom stereocenters. The predicted molar refractivity (Wildman–Crippen MR) is 81.6 cm³/mol. The average molecular weight is 369 g/mol. The number of carbonyl (C=O) groups is 1. The quantitative estimate of drug-likeness (QED) is 0.828. The highest BCUT2D eigenvalue weighted by molar-refractivity contribution is 14.1. The minimum atomic E-state index is -0.444. The average Bonchev–Trinajstić information content (AvgIpc) is 2.27. The third kappa shape index (κ3) is 3.23. The highest BCUT2D eigenvalue weighted by Crippen LogP contribution is 2.16. The predicted octanol–water partition coefficient (Wildman–Crippen LogP) is 3.11. The molecule has 0 radical (unpaired) electrons. The number of benzene rings is 1. The van der Waals surface area contributed by atoms with Gasteiger partial charge in [0.05, 0.1) is 5.56 Å².